The summed E-state index contributed by atoms with van der Waals surface area (Å²) in [5.41, 5.74) is 5.04. The summed E-state index contributed by atoms with van der Waals surface area (Å²) in [5.74, 6) is 0.124. The van der Waals surface area contributed by atoms with Crippen molar-refractivity contribution in [3.63, 3.8) is 0 Å². The van der Waals surface area contributed by atoms with Crippen LogP contribution in [0.25, 0.3) is 0 Å². The molecule has 0 radical (unpaired) electrons. The van der Waals surface area contributed by atoms with E-state index in [9.17, 15) is 4.79 Å². The molecule has 0 aromatic heterocycles. The number of hydrogen-bond acceptors (Lipinski definition) is 4. The van der Waals surface area contributed by atoms with Gasteiger partial charge in [-0.15, -0.1) is 0 Å². The van der Waals surface area contributed by atoms with Gasteiger partial charge in [0.25, 0.3) is 0 Å². The molecule has 4 nitrogen and oxygen atoms in total. The zero-order valence-electron chi connectivity index (χ0n) is 6.16. The van der Waals surface area contributed by atoms with E-state index in [1.807, 2.05) is 0 Å². The second-order valence-electron chi connectivity index (χ2n) is 1.60. The molecule has 0 saturated heterocycles. The quantitative estimate of drug-likeness (QED) is 0.280. The zero-order chi connectivity index (χ0) is 8.69. The van der Waals surface area contributed by atoms with Crippen molar-refractivity contribution in [3.8, 4) is 0 Å². The molecule has 0 rings (SSSR count). The molecule has 0 aromatic rings. The van der Waals surface area contributed by atoms with Crippen molar-refractivity contribution in [2.45, 2.75) is 0 Å². The smallest absolute Gasteiger partial charge is 0.330 e. The molecule has 0 aliphatic carbocycles. The molecule has 0 saturated carbocycles. The molecule has 0 spiro atoms. The van der Waals surface area contributed by atoms with Crippen LogP contribution in [-0.2, 0) is 9.53 Å². The molecule has 0 aliphatic heterocycles. The molecular weight excluding hydrogens is 164 g/mol. The predicted octanol–water partition coefficient (Wildman–Crippen LogP) is 0.342. The zero-order valence-corrected chi connectivity index (χ0v) is 6.98. The Hall–Kier alpha value is -0.970. The second kappa shape index (κ2) is 5.79. The first kappa shape index (κ1) is 10.0. The number of methoxy groups -OCH3 is 1. The Morgan fingerprint density at radius 1 is 1.82 bits per heavy atom. The molecule has 3 N–H and O–H groups in total. The Bertz CT molecular complexity index is 179. The average molecular weight is 174 g/mol. The van der Waals surface area contributed by atoms with E-state index in [-0.39, 0.29) is 5.17 Å². The van der Waals surface area contributed by atoms with Gasteiger partial charge in [0.1, 0.15) is 0 Å². The standard InChI is InChI=1S/C6H10N2O2S/c1-10-5(9)3-2-4-11-6(7)8/h2-3H,4H2,1H3,(H3,7,8)/b3-2+. The molecule has 0 heterocycles. The second-order valence-corrected chi connectivity index (χ2v) is 2.66. The van der Waals surface area contributed by atoms with Gasteiger partial charge in [0.05, 0.1) is 7.11 Å². The number of amidine groups is 1. The highest BCUT2D eigenvalue weighted by molar-refractivity contribution is 8.13. The van der Waals surface area contributed by atoms with E-state index >= 15 is 0 Å². The van der Waals surface area contributed by atoms with E-state index in [1.165, 1.54) is 13.2 Å². The van der Waals surface area contributed by atoms with Crippen LogP contribution in [0.1, 0.15) is 0 Å². The third kappa shape index (κ3) is 6.92. The number of carbonyl (C=O) groups excluding carboxylic acids is 1. The molecule has 0 aromatic carbocycles. The molecule has 0 unspecified atom stereocenters. The van der Waals surface area contributed by atoms with Crippen LogP contribution >= 0.6 is 11.8 Å². The van der Waals surface area contributed by atoms with E-state index in [1.54, 1.807) is 6.08 Å². The Balaban J connectivity index is 3.45. The normalized spacial score (nSPS) is 9.91. The summed E-state index contributed by atoms with van der Waals surface area (Å²) in [4.78, 5) is 10.5. The third-order valence-corrected chi connectivity index (χ3v) is 1.46. The fourth-order valence-electron chi connectivity index (χ4n) is 0.350. The van der Waals surface area contributed by atoms with Crippen LogP contribution in [0.15, 0.2) is 12.2 Å². The van der Waals surface area contributed by atoms with E-state index in [4.69, 9.17) is 11.1 Å². The maximum Gasteiger partial charge on any atom is 0.330 e. The average Bonchev–Trinajstić information content (AvgIpc) is 1.97. The van der Waals surface area contributed by atoms with Gasteiger partial charge < -0.3 is 10.5 Å². The first-order valence-corrected chi connectivity index (χ1v) is 3.86. The van der Waals surface area contributed by atoms with E-state index in [2.05, 4.69) is 4.74 Å². The highest BCUT2D eigenvalue weighted by Crippen LogP contribution is 1.97. The van der Waals surface area contributed by atoms with Crippen molar-refractivity contribution < 1.29 is 9.53 Å². The van der Waals surface area contributed by atoms with Gasteiger partial charge in [-0.25, -0.2) is 4.79 Å². The summed E-state index contributed by atoms with van der Waals surface area (Å²) in [7, 11) is 1.31. The van der Waals surface area contributed by atoms with Gasteiger partial charge in [0.2, 0.25) is 0 Å². The first-order chi connectivity index (χ1) is 5.16. The third-order valence-electron chi connectivity index (χ3n) is 0.790. The molecule has 0 atom stereocenters. The fraction of sp³-hybridized carbons (Fsp3) is 0.333. The Labute approximate surface area is 69.3 Å². The predicted molar refractivity (Wildman–Crippen MR) is 45.5 cm³/mol. The van der Waals surface area contributed by atoms with Gasteiger partial charge in [0.15, 0.2) is 5.17 Å². The van der Waals surface area contributed by atoms with E-state index < -0.39 is 5.97 Å². The molecule has 62 valence electrons. The van der Waals surface area contributed by atoms with Gasteiger partial charge in [-0.2, -0.15) is 0 Å². The molecular formula is C6H10N2O2S. The topological polar surface area (TPSA) is 76.2 Å². The van der Waals surface area contributed by atoms with Crippen LogP contribution in [0.3, 0.4) is 0 Å². The summed E-state index contributed by atoms with van der Waals surface area (Å²) < 4.78 is 4.34. The summed E-state index contributed by atoms with van der Waals surface area (Å²) in [6, 6.07) is 0. The van der Waals surface area contributed by atoms with Crippen LogP contribution < -0.4 is 5.73 Å². The number of ether oxygens (including phenoxy) is 1. The van der Waals surface area contributed by atoms with Crippen molar-refractivity contribution in [2.24, 2.45) is 5.73 Å². The van der Waals surface area contributed by atoms with E-state index in [0.717, 1.165) is 11.8 Å². The van der Waals surface area contributed by atoms with Crippen LogP contribution in [-0.4, -0.2) is 24.0 Å². The van der Waals surface area contributed by atoms with Crippen molar-refractivity contribution in [1.82, 2.24) is 0 Å². The fourth-order valence-corrected chi connectivity index (χ4v) is 0.722. The summed E-state index contributed by atoms with van der Waals surface area (Å²) in [6.07, 6.45) is 2.90. The largest absolute Gasteiger partial charge is 0.466 e. The Morgan fingerprint density at radius 2 is 2.45 bits per heavy atom. The summed E-state index contributed by atoms with van der Waals surface area (Å²) in [6.45, 7) is 0. The van der Waals surface area contributed by atoms with Gasteiger partial charge >= 0.3 is 5.97 Å². The van der Waals surface area contributed by atoms with Crippen molar-refractivity contribution in [3.05, 3.63) is 12.2 Å². The van der Waals surface area contributed by atoms with E-state index in [0.29, 0.717) is 5.75 Å². The monoisotopic (exact) mass is 174 g/mol. The van der Waals surface area contributed by atoms with Crippen molar-refractivity contribution in [2.75, 3.05) is 12.9 Å². The SMILES string of the molecule is COC(=O)/C=C/CSC(=N)N. The first-order valence-electron chi connectivity index (χ1n) is 2.88. The minimum Gasteiger partial charge on any atom is -0.466 e. The van der Waals surface area contributed by atoms with Gasteiger partial charge in [0, 0.05) is 11.8 Å². The summed E-state index contributed by atoms with van der Waals surface area (Å²) in [5, 5.41) is 6.86. The van der Waals surface area contributed by atoms with Crippen molar-refractivity contribution in [1.29, 1.82) is 5.41 Å². The number of carbonyl (C=O) groups is 1. The molecule has 0 fully saturated rings. The molecule has 0 aliphatic rings. The minimum absolute atomic E-state index is 0.0412. The number of esters is 1. The number of rotatable bonds is 3. The van der Waals surface area contributed by atoms with Crippen molar-refractivity contribution >= 4 is 22.9 Å². The van der Waals surface area contributed by atoms with Gasteiger partial charge in [-0.1, -0.05) is 17.8 Å². The Morgan fingerprint density at radius 3 is 2.91 bits per heavy atom. The molecule has 0 amide bonds. The maximum absolute atomic E-state index is 10.5. The number of nitrogens with two attached hydrogens (primary N) is 1. The number of hydrogen-bond donors (Lipinski definition) is 2. The molecule has 5 heteroatoms. The lowest BCUT2D eigenvalue weighted by Gasteiger charge is -1.91. The maximum atomic E-state index is 10.5. The van der Waals surface area contributed by atoms with Gasteiger partial charge in [-0.05, 0) is 0 Å². The highest BCUT2D eigenvalue weighted by atomic mass is 32.2. The Kier molecular flexibility index (Phi) is 5.28. The highest BCUT2D eigenvalue weighted by Gasteiger charge is 1.90. The van der Waals surface area contributed by atoms with Crippen LogP contribution in [0, 0.1) is 5.41 Å². The number of thioether (sulfide) groups is 1. The lowest BCUT2D eigenvalue weighted by Crippen LogP contribution is -2.03. The summed E-state index contributed by atoms with van der Waals surface area (Å²) >= 11 is 1.15. The van der Waals surface area contributed by atoms with Crippen LogP contribution in [0.4, 0.5) is 0 Å². The minimum atomic E-state index is -0.394. The number of nitrogens with one attached hydrogen (secondary N) is 1. The van der Waals surface area contributed by atoms with Crippen LogP contribution in [0.5, 0.6) is 0 Å². The molecule has 11 heavy (non-hydrogen) atoms. The lowest BCUT2D eigenvalue weighted by molar-refractivity contribution is -0.134. The lowest BCUT2D eigenvalue weighted by atomic mass is 10.5. The van der Waals surface area contributed by atoms with Crippen LogP contribution in [0.2, 0.25) is 0 Å². The molecule has 0 bridgehead atoms. The van der Waals surface area contributed by atoms with Gasteiger partial charge in [-0.3, -0.25) is 5.41 Å².